The van der Waals surface area contributed by atoms with Gasteiger partial charge in [0.1, 0.15) is 13.1 Å². The van der Waals surface area contributed by atoms with E-state index in [-0.39, 0.29) is 17.9 Å². The number of hydrogen-bond donors (Lipinski definition) is 2. The van der Waals surface area contributed by atoms with Gasteiger partial charge in [-0.3, -0.25) is 14.4 Å². The van der Waals surface area contributed by atoms with Crippen molar-refractivity contribution >= 4 is 17.8 Å². The minimum Gasteiger partial charge on any atom is -0.480 e. The predicted octanol–water partition coefficient (Wildman–Crippen LogP) is -0.402. The Morgan fingerprint density at radius 1 is 1.44 bits per heavy atom. The number of halogens is 3. The number of carbonyl (C=O) groups is 3. The highest BCUT2D eigenvalue weighted by Gasteiger charge is 2.38. The van der Waals surface area contributed by atoms with Crippen LogP contribution in [0.2, 0.25) is 0 Å². The van der Waals surface area contributed by atoms with Crippen LogP contribution in [0.25, 0.3) is 0 Å². The van der Waals surface area contributed by atoms with Crippen LogP contribution in [-0.4, -0.2) is 53.6 Å². The highest BCUT2D eigenvalue weighted by molar-refractivity contribution is 5.90. The molecule has 0 radical (unpaired) electrons. The SMILES string of the molecule is O=C(O)CN(CC(F)(F)F)C(=O)C1CNC(=O)C1. The average molecular weight is 268 g/mol. The Balaban J connectivity index is 2.72. The fraction of sp³-hybridized carbons (Fsp3) is 0.667. The normalized spacial score (nSPS) is 19.5. The molecule has 1 fully saturated rings. The number of rotatable bonds is 4. The summed E-state index contributed by atoms with van der Waals surface area (Å²) in [4.78, 5) is 33.2. The molecule has 0 bridgehead atoms. The van der Waals surface area contributed by atoms with Gasteiger partial charge in [-0.05, 0) is 0 Å². The summed E-state index contributed by atoms with van der Waals surface area (Å²) in [6, 6.07) is 0. The number of carboxylic acids is 1. The second-order valence-electron chi connectivity index (χ2n) is 3.91. The third-order valence-electron chi connectivity index (χ3n) is 2.33. The highest BCUT2D eigenvalue weighted by Crippen LogP contribution is 2.19. The molecule has 0 aromatic heterocycles. The maximum absolute atomic E-state index is 12.2. The summed E-state index contributed by atoms with van der Waals surface area (Å²) in [6.45, 7) is -2.74. The topological polar surface area (TPSA) is 86.7 Å². The molecule has 2 N–H and O–H groups in total. The molecule has 1 heterocycles. The first kappa shape index (κ1) is 14.3. The third-order valence-corrected chi connectivity index (χ3v) is 2.33. The number of hydrogen-bond acceptors (Lipinski definition) is 3. The molecule has 9 heteroatoms. The van der Waals surface area contributed by atoms with Crippen LogP contribution in [0.5, 0.6) is 0 Å². The lowest BCUT2D eigenvalue weighted by Crippen LogP contribution is -2.45. The zero-order valence-electron chi connectivity index (χ0n) is 9.16. The van der Waals surface area contributed by atoms with Gasteiger partial charge in [0.05, 0.1) is 5.92 Å². The molecule has 1 saturated heterocycles. The van der Waals surface area contributed by atoms with Crippen molar-refractivity contribution in [2.75, 3.05) is 19.6 Å². The number of alkyl halides is 3. The van der Waals surface area contributed by atoms with Crippen LogP contribution >= 0.6 is 0 Å². The first-order chi connectivity index (χ1) is 8.19. The van der Waals surface area contributed by atoms with E-state index in [0.29, 0.717) is 0 Å². The average Bonchev–Trinajstić information content (AvgIpc) is 2.59. The Morgan fingerprint density at radius 2 is 2.06 bits per heavy atom. The van der Waals surface area contributed by atoms with Crippen LogP contribution in [0.4, 0.5) is 13.2 Å². The Kier molecular flexibility index (Phi) is 4.15. The van der Waals surface area contributed by atoms with Crippen LogP contribution in [-0.2, 0) is 14.4 Å². The van der Waals surface area contributed by atoms with Crippen LogP contribution in [0.1, 0.15) is 6.42 Å². The van der Waals surface area contributed by atoms with Crippen molar-refractivity contribution in [3.8, 4) is 0 Å². The Bertz CT molecular complexity index is 369. The van der Waals surface area contributed by atoms with Crippen LogP contribution < -0.4 is 5.32 Å². The molecule has 1 atom stereocenters. The standard InChI is InChI=1S/C9H11F3N2O4/c10-9(11,12)4-14(3-7(16)17)8(18)5-1-6(15)13-2-5/h5H,1-4H2,(H,13,15)(H,16,17). The lowest BCUT2D eigenvalue weighted by molar-refractivity contribution is -0.167. The highest BCUT2D eigenvalue weighted by atomic mass is 19.4. The summed E-state index contributed by atoms with van der Waals surface area (Å²) >= 11 is 0. The van der Waals surface area contributed by atoms with Gasteiger partial charge in [0.25, 0.3) is 0 Å². The smallest absolute Gasteiger partial charge is 0.406 e. The van der Waals surface area contributed by atoms with E-state index in [0.717, 1.165) is 0 Å². The molecular weight excluding hydrogens is 257 g/mol. The van der Waals surface area contributed by atoms with Gasteiger partial charge >= 0.3 is 12.1 Å². The van der Waals surface area contributed by atoms with Crippen molar-refractivity contribution < 1.29 is 32.7 Å². The van der Waals surface area contributed by atoms with Crippen molar-refractivity contribution in [2.24, 2.45) is 5.92 Å². The van der Waals surface area contributed by atoms with E-state index in [2.05, 4.69) is 5.32 Å². The molecule has 102 valence electrons. The maximum Gasteiger partial charge on any atom is 0.406 e. The van der Waals surface area contributed by atoms with Gasteiger partial charge in [0.2, 0.25) is 11.8 Å². The first-order valence-corrected chi connectivity index (χ1v) is 5.03. The molecule has 0 aliphatic carbocycles. The summed E-state index contributed by atoms with van der Waals surface area (Å²) in [6.07, 6.45) is -4.89. The van der Waals surface area contributed by atoms with Crippen LogP contribution in [0, 0.1) is 5.92 Å². The summed E-state index contributed by atoms with van der Waals surface area (Å²) in [5, 5.41) is 10.8. The van der Waals surface area contributed by atoms with Gasteiger partial charge < -0.3 is 15.3 Å². The molecule has 1 aliphatic rings. The second kappa shape index (κ2) is 5.23. The summed E-state index contributed by atoms with van der Waals surface area (Å²) in [5.74, 6) is -3.88. The number of aliphatic carboxylic acids is 1. The second-order valence-corrected chi connectivity index (χ2v) is 3.91. The Morgan fingerprint density at radius 3 is 2.44 bits per heavy atom. The summed E-state index contributed by atoms with van der Waals surface area (Å²) in [5.41, 5.74) is 0. The van der Waals surface area contributed by atoms with Gasteiger partial charge in [0.15, 0.2) is 0 Å². The molecule has 0 saturated carbocycles. The van der Waals surface area contributed by atoms with Gasteiger partial charge in [-0.15, -0.1) is 0 Å². The number of nitrogens with one attached hydrogen (secondary N) is 1. The molecule has 1 rings (SSSR count). The van der Waals surface area contributed by atoms with Gasteiger partial charge in [-0.25, -0.2) is 0 Å². The van der Waals surface area contributed by atoms with Crippen molar-refractivity contribution in [2.45, 2.75) is 12.6 Å². The fourth-order valence-corrected chi connectivity index (χ4v) is 1.63. The molecule has 1 aliphatic heterocycles. The van der Waals surface area contributed by atoms with E-state index in [1.165, 1.54) is 0 Å². The lowest BCUT2D eigenvalue weighted by Gasteiger charge is -2.24. The number of carboxylic acid groups (broad SMARTS) is 1. The quantitative estimate of drug-likeness (QED) is 0.726. The number of carbonyl (C=O) groups excluding carboxylic acids is 2. The van der Waals surface area contributed by atoms with Crippen molar-refractivity contribution in [3.63, 3.8) is 0 Å². The van der Waals surface area contributed by atoms with Crippen molar-refractivity contribution in [3.05, 3.63) is 0 Å². The van der Waals surface area contributed by atoms with Gasteiger partial charge in [0, 0.05) is 13.0 Å². The molecule has 6 nitrogen and oxygen atoms in total. The van der Waals surface area contributed by atoms with E-state index in [9.17, 15) is 27.6 Å². The van der Waals surface area contributed by atoms with Crippen molar-refractivity contribution in [1.29, 1.82) is 0 Å². The molecule has 0 spiro atoms. The Hall–Kier alpha value is -1.80. The third kappa shape index (κ3) is 4.22. The molecule has 1 unspecified atom stereocenters. The minimum absolute atomic E-state index is 0.0638. The first-order valence-electron chi connectivity index (χ1n) is 5.03. The molecule has 0 aromatic carbocycles. The fourth-order valence-electron chi connectivity index (χ4n) is 1.63. The monoisotopic (exact) mass is 268 g/mol. The predicted molar refractivity (Wildman–Crippen MR) is 51.4 cm³/mol. The van der Waals surface area contributed by atoms with Crippen LogP contribution in [0.15, 0.2) is 0 Å². The van der Waals surface area contributed by atoms with E-state index >= 15 is 0 Å². The van der Waals surface area contributed by atoms with E-state index in [4.69, 9.17) is 5.11 Å². The van der Waals surface area contributed by atoms with E-state index in [1.54, 1.807) is 0 Å². The summed E-state index contributed by atoms with van der Waals surface area (Å²) < 4.78 is 36.6. The molecule has 18 heavy (non-hydrogen) atoms. The summed E-state index contributed by atoms with van der Waals surface area (Å²) in [7, 11) is 0. The molecule has 2 amide bonds. The number of nitrogens with zero attached hydrogens (tertiary/aromatic N) is 1. The lowest BCUT2D eigenvalue weighted by atomic mass is 10.1. The van der Waals surface area contributed by atoms with Crippen molar-refractivity contribution in [1.82, 2.24) is 10.2 Å². The Labute approximate surface area is 99.7 Å². The van der Waals surface area contributed by atoms with Crippen LogP contribution in [0.3, 0.4) is 0 Å². The molecule has 0 aromatic rings. The zero-order chi connectivity index (χ0) is 13.9. The largest absolute Gasteiger partial charge is 0.480 e. The van der Waals surface area contributed by atoms with Gasteiger partial charge in [-0.2, -0.15) is 13.2 Å². The van der Waals surface area contributed by atoms with Gasteiger partial charge in [-0.1, -0.05) is 0 Å². The van der Waals surface area contributed by atoms with E-state index < -0.39 is 43.0 Å². The van der Waals surface area contributed by atoms with E-state index in [1.807, 2.05) is 0 Å². The minimum atomic E-state index is -4.68. The zero-order valence-corrected chi connectivity index (χ0v) is 9.16. The molecular formula is C9H11F3N2O4. The maximum atomic E-state index is 12.2. The number of amides is 2.